The lowest BCUT2D eigenvalue weighted by molar-refractivity contribution is 0.408. The lowest BCUT2D eigenvalue weighted by Gasteiger charge is -2.23. The average molecular weight is 259 g/mol. The lowest BCUT2D eigenvalue weighted by atomic mass is 9.93. The SMILES string of the molecule is CCCNC(c1ccccc1C)C1C(C)(C)C1(C)C. The maximum atomic E-state index is 3.80. The molecule has 0 aromatic heterocycles. The van der Waals surface area contributed by atoms with E-state index in [2.05, 4.69) is 71.1 Å². The van der Waals surface area contributed by atoms with Gasteiger partial charge in [-0.05, 0) is 47.8 Å². The van der Waals surface area contributed by atoms with Gasteiger partial charge in [0.1, 0.15) is 0 Å². The number of hydrogen-bond donors (Lipinski definition) is 1. The largest absolute Gasteiger partial charge is 0.310 e. The minimum Gasteiger partial charge on any atom is -0.310 e. The molecule has 0 radical (unpaired) electrons. The molecule has 0 amide bonds. The zero-order valence-corrected chi connectivity index (χ0v) is 13.4. The van der Waals surface area contributed by atoms with Crippen molar-refractivity contribution in [2.45, 2.75) is 54.0 Å². The van der Waals surface area contributed by atoms with Gasteiger partial charge >= 0.3 is 0 Å². The van der Waals surface area contributed by atoms with Crippen molar-refractivity contribution in [3.63, 3.8) is 0 Å². The van der Waals surface area contributed by atoms with E-state index in [9.17, 15) is 0 Å². The van der Waals surface area contributed by atoms with E-state index in [0.717, 1.165) is 6.54 Å². The van der Waals surface area contributed by atoms with Gasteiger partial charge in [-0.2, -0.15) is 0 Å². The molecule has 1 heteroatoms. The second-order valence-electron chi connectivity index (χ2n) is 7.21. The van der Waals surface area contributed by atoms with Gasteiger partial charge in [0, 0.05) is 6.04 Å². The monoisotopic (exact) mass is 259 g/mol. The molecular weight excluding hydrogens is 230 g/mol. The molecule has 1 aromatic rings. The molecule has 1 aromatic carbocycles. The fourth-order valence-electron chi connectivity index (χ4n) is 3.72. The quantitative estimate of drug-likeness (QED) is 0.807. The Kier molecular flexibility index (Phi) is 3.79. The van der Waals surface area contributed by atoms with Crippen LogP contribution in [0, 0.1) is 23.7 Å². The van der Waals surface area contributed by atoms with Gasteiger partial charge in [-0.3, -0.25) is 0 Å². The van der Waals surface area contributed by atoms with Gasteiger partial charge in [-0.25, -0.2) is 0 Å². The van der Waals surface area contributed by atoms with Crippen molar-refractivity contribution in [1.29, 1.82) is 0 Å². The Morgan fingerprint density at radius 3 is 2.16 bits per heavy atom. The smallest absolute Gasteiger partial charge is 0.0361 e. The fourth-order valence-corrected chi connectivity index (χ4v) is 3.72. The molecule has 1 unspecified atom stereocenters. The second kappa shape index (κ2) is 4.94. The van der Waals surface area contributed by atoms with E-state index in [1.54, 1.807) is 0 Å². The third kappa shape index (κ3) is 2.33. The highest BCUT2D eigenvalue weighted by Gasteiger charge is 2.67. The third-order valence-corrected chi connectivity index (χ3v) is 5.60. The number of benzene rings is 1. The zero-order chi connectivity index (χ0) is 14.3. The van der Waals surface area contributed by atoms with E-state index in [0.29, 0.717) is 22.8 Å². The molecule has 2 rings (SSSR count). The predicted octanol–water partition coefficient (Wildman–Crippen LogP) is 4.72. The molecule has 1 fully saturated rings. The Morgan fingerprint density at radius 1 is 1.11 bits per heavy atom. The summed E-state index contributed by atoms with van der Waals surface area (Å²) in [6.07, 6.45) is 1.19. The van der Waals surface area contributed by atoms with Gasteiger partial charge in [0.2, 0.25) is 0 Å². The predicted molar refractivity (Wildman–Crippen MR) is 83.3 cm³/mol. The molecule has 1 saturated carbocycles. The van der Waals surface area contributed by atoms with Gasteiger partial charge in [0.25, 0.3) is 0 Å². The van der Waals surface area contributed by atoms with Gasteiger partial charge < -0.3 is 5.32 Å². The Labute approximate surface area is 118 Å². The van der Waals surface area contributed by atoms with Crippen LogP contribution < -0.4 is 5.32 Å². The van der Waals surface area contributed by atoms with Crippen molar-refractivity contribution in [1.82, 2.24) is 5.32 Å². The first-order valence-electron chi connectivity index (χ1n) is 7.63. The number of nitrogens with one attached hydrogen (secondary N) is 1. The molecule has 0 saturated heterocycles. The average Bonchev–Trinajstić information content (AvgIpc) is 2.74. The summed E-state index contributed by atoms with van der Waals surface area (Å²) < 4.78 is 0. The summed E-state index contributed by atoms with van der Waals surface area (Å²) in [6.45, 7) is 15.2. The van der Waals surface area contributed by atoms with E-state index < -0.39 is 0 Å². The van der Waals surface area contributed by atoms with Crippen molar-refractivity contribution in [3.05, 3.63) is 35.4 Å². The molecule has 1 aliphatic carbocycles. The highest BCUT2D eigenvalue weighted by atomic mass is 15.0. The zero-order valence-electron chi connectivity index (χ0n) is 13.4. The number of aryl methyl sites for hydroxylation is 1. The van der Waals surface area contributed by atoms with Crippen LogP contribution in [-0.4, -0.2) is 6.54 Å². The maximum absolute atomic E-state index is 3.80. The molecule has 0 spiro atoms. The van der Waals surface area contributed by atoms with Gasteiger partial charge in [-0.15, -0.1) is 0 Å². The number of rotatable bonds is 5. The summed E-state index contributed by atoms with van der Waals surface area (Å²) >= 11 is 0. The van der Waals surface area contributed by atoms with E-state index in [-0.39, 0.29) is 0 Å². The fraction of sp³-hybridized carbons (Fsp3) is 0.667. The molecule has 0 aliphatic heterocycles. The Balaban J connectivity index is 2.31. The number of hydrogen-bond acceptors (Lipinski definition) is 1. The minimum absolute atomic E-state index is 0.417. The van der Waals surface area contributed by atoms with Crippen LogP contribution in [0.4, 0.5) is 0 Å². The van der Waals surface area contributed by atoms with Gasteiger partial charge in [0.15, 0.2) is 0 Å². The Hall–Kier alpha value is -0.820. The van der Waals surface area contributed by atoms with Crippen LogP contribution >= 0.6 is 0 Å². The second-order valence-corrected chi connectivity index (χ2v) is 7.21. The van der Waals surface area contributed by atoms with E-state index in [1.807, 2.05) is 0 Å². The maximum Gasteiger partial charge on any atom is 0.0361 e. The van der Waals surface area contributed by atoms with Gasteiger partial charge in [-0.1, -0.05) is 58.9 Å². The Morgan fingerprint density at radius 2 is 1.68 bits per heavy atom. The van der Waals surface area contributed by atoms with Crippen LogP contribution in [0.1, 0.15) is 58.2 Å². The lowest BCUT2D eigenvalue weighted by Crippen LogP contribution is -2.26. The molecule has 1 N–H and O–H groups in total. The molecule has 0 heterocycles. The molecule has 1 aliphatic rings. The molecule has 106 valence electrons. The third-order valence-electron chi connectivity index (χ3n) is 5.60. The first-order valence-corrected chi connectivity index (χ1v) is 7.63. The molecule has 19 heavy (non-hydrogen) atoms. The summed E-state index contributed by atoms with van der Waals surface area (Å²) in [6, 6.07) is 9.33. The highest BCUT2D eigenvalue weighted by Crippen LogP contribution is 2.72. The van der Waals surface area contributed by atoms with Crippen LogP contribution in [0.5, 0.6) is 0 Å². The summed E-state index contributed by atoms with van der Waals surface area (Å²) in [5.41, 5.74) is 3.73. The standard InChI is InChI=1S/C18H29N/c1-7-12-19-15(14-11-9-8-10-13(14)2)16-17(3,4)18(16,5)6/h8-11,15-16,19H,7,12H2,1-6H3. The van der Waals surface area contributed by atoms with E-state index >= 15 is 0 Å². The summed E-state index contributed by atoms with van der Waals surface area (Å²) in [4.78, 5) is 0. The van der Waals surface area contributed by atoms with Gasteiger partial charge in [0.05, 0.1) is 0 Å². The minimum atomic E-state index is 0.417. The van der Waals surface area contributed by atoms with E-state index in [4.69, 9.17) is 0 Å². The van der Waals surface area contributed by atoms with Crippen molar-refractivity contribution in [2.75, 3.05) is 6.54 Å². The summed E-state index contributed by atoms with van der Waals surface area (Å²) in [5, 5.41) is 3.80. The molecule has 1 nitrogen and oxygen atoms in total. The molecular formula is C18H29N. The van der Waals surface area contributed by atoms with Crippen molar-refractivity contribution >= 4 is 0 Å². The van der Waals surface area contributed by atoms with Crippen LogP contribution in [-0.2, 0) is 0 Å². The van der Waals surface area contributed by atoms with Crippen molar-refractivity contribution in [2.24, 2.45) is 16.7 Å². The van der Waals surface area contributed by atoms with Crippen molar-refractivity contribution < 1.29 is 0 Å². The topological polar surface area (TPSA) is 12.0 Å². The normalized spacial score (nSPS) is 22.2. The first kappa shape index (κ1) is 14.6. The summed E-state index contributed by atoms with van der Waals surface area (Å²) in [7, 11) is 0. The molecule has 0 bridgehead atoms. The van der Waals surface area contributed by atoms with E-state index in [1.165, 1.54) is 17.5 Å². The van der Waals surface area contributed by atoms with Crippen LogP contribution in [0.2, 0.25) is 0 Å². The highest BCUT2D eigenvalue weighted by molar-refractivity contribution is 5.33. The first-order chi connectivity index (χ1) is 8.84. The Bertz CT molecular complexity index is 431. The van der Waals surface area contributed by atoms with Crippen molar-refractivity contribution in [3.8, 4) is 0 Å². The molecule has 1 atom stereocenters. The van der Waals surface area contributed by atoms with Crippen LogP contribution in [0.3, 0.4) is 0 Å². The van der Waals surface area contributed by atoms with Crippen LogP contribution in [0.25, 0.3) is 0 Å². The summed E-state index contributed by atoms with van der Waals surface area (Å²) in [5.74, 6) is 0.715. The van der Waals surface area contributed by atoms with Crippen LogP contribution in [0.15, 0.2) is 24.3 Å².